The van der Waals surface area contributed by atoms with Gasteiger partial charge in [-0.15, -0.1) is 21.5 Å². The van der Waals surface area contributed by atoms with Crippen molar-refractivity contribution in [1.82, 2.24) is 14.5 Å². The van der Waals surface area contributed by atoms with Gasteiger partial charge in [-0.2, -0.15) is 4.31 Å². The van der Waals surface area contributed by atoms with E-state index in [2.05, 4.69) is 10.2 Å². The van der Waals surface area contributed by atoms with Gasteiger partial charge in [0.25, 0.3) is 0 Å². The van der Waals surface area contributed by atoms with E-state index in [4.69, 9.17) is 0 Å². The number of aryl methyl sites for hydroxylation is 1. The van der Waals surface area contributed by atoms with E-state index >= 15 is 0 Å². The van der Waals surface area contributed by atoms with Crippen LogP contribution in [0.25, 0.3) is 22.3 Å². The first kappa shape index (κ1) is 22.8. The number of hydrogen-bond donors (Lipinski definition) is 0. The summed E-state index contributed by atoms with van der Waals surface area (Å²) in [6.45, 7) is 2.70. The molecule has 0 amide bonds. The third-order valence-corrected chi connectivity index (χ3v) is 8.72. The minimum atomic E-state index is -3.49. The Labute approximate surface area is 200 Å². The Morgan fingerprint density at radius 3 is 2.53 bits per heavy atom. The van der Waals surface area contributed by atoms with Crippen LogP contribution in [0.3, 0.4) is 0 Å². The maximum Gasteiger partial charge on any atom is 0.221 e. The molecule has 4 aromatic rings. The topological polar surface area (TPSA) is 63.2 Å². The SMILES string of the molecule is Cc1cc(-c2ccc(F)c(F)c2)ccc1-c1cccc2c1CCN(S(=O)(=O)Cc1nncs1)C2. The summed E-state index contributed by atoms with van der Waals surface area (Å²) in [7, 11) is -3.49. The van der Waals surface area contributed by atoms with Crippen LogP contribution in [0.2, 0.25) is 0 Å². The van der Waals surface area contributed by atoms with E-state index in [1.807, 2.05) is 43.3 Å². The molecule has 0 bridgehead atoms. The predicted molar refractivity (Wildman–Crippen MR) is 129 cm³/mol. The Morgan fingerprint density at radius 2 is 1.79 bits per heavy atom. The van der Waals surface area contributed by atoms with Crippen LogP contribution in [0, 0.1) is 18.6 Å². The zero-order valence-corrected chi connectivity index (χ0v) is 20.0. The fourth-order valence-corrected chi connectivity index (χ4v) is 6.69. The highest BCUT2D eigenvalue weighted by atomic mass is 32.2. The molecule has 0 atom stereocenters. The van der Waals surface area contributed by atoms with Crippen molar-refractivity contribution in [2.75, 3.05) is 6.54 Å². The molecule has 174 valence electrons. The fourth-order valence-electron chi connectivity index (χ4n) is 4.40. The van der Waals surface area contributed by atoms with Crippen LogP contribution in [0.1, 0.15) is 21.7 Å². The van der Waals surface area contributed by atoms with Crippen molar-refractivity contribution >= 4 is 21.4 Å². The molecule has 0 N–H and O–H groups in total. The molecule has 0 unspecified atom stereocenters. The van der Waals surface area contributed by atoms with Crippen molar-refractivity contribution in [2.24, 2.45) is 0 Å². The van der Waals surface area contributed by atoms with E-state index < -0.39 is 21.7 Å². The van der Waals surface area contributed by atoms with Crippen molar-refractivity contribution in [3.05, 3.63) is 93.4 Å². The molecule has 1 aromatic heterocycles. The minimum Gasteiger partial charge on any atom is -0.212 e. The molecule has 0 saturated carbocycles. The van der Waals surface area contributed by atoms with Crippen LogP contribution in [0.4, 0.5) is 8.78 Å². The zero-order valence-electron chi connectivity index (χ0n) is 18.3. The Kier molecular flexibility index (Phi) is 6.01. The second-order valence-electron chi connectivity index (χ2n) is 8.27. The lowest BCUT2D eigenvalue weighted by Crippen LogP contribution is -2.36. The summed E-state index contributed by atoms with van der Waals surface area (Å²) < 4.78 is 54.3. The van der Waals surface area contributed by atoms with Crippen molar-refractivity contribution in [1.29, 1.82) is 0 Å². The maximum atomic E-state index is 13.7. The maximum absolute atomic E-state index is 13.7. The van der Waals surface area contributed by atoms with Gasteiger partial charge in [-0.1, -0.05) is 42.5 Å². The third kappa shape index (κ3) is 4.38. The molecular weight excluding hydrogens is 476 g/mol. The Balaban J connectivity index is 1.44. The Hall–Kier alpha value is -3.01. The van der Waals surface area contributed by atoms with Crippen LogP contribution < -0.4 is 0 Å². The molecule has 3 aromatic carbocycles. The van der Waals surface area contributed by atoms with Crippen molar-refractivity contribution in [3.8, 4) is 22.3 Å². The quantitative estimate of drug-likeness (QED) is 0.373. The molecule has 0 radical (unpaired) electrons. The number of nitrogens with zero attached hydrogens (tertiary/aromatic N) is 3. The molecule has 0 spiro atoms. The fraction of sp³-hybridized carbons (Fsp3) is 0.200. The van der Waals surface area contributed by atoms with Crippen molar-refractivity contribution < 1.29 is 17.2 Å². The van der Waals surface area contributed by atoms with Gasteiger partial charge in [0.05, 0.1) is 0 Å². The molecule has 0 fully saturated rings. The lowest BCUT2D eigenvalue weighted by atomic mass is 9.88. The summed E-state index contributed by atoms with van der Waals surface area (Å²) in [6.07, 6.45) is 0.602. The van der Waals surface area contributed by atoms with Crippen LogP contribution in [0.15, 0.2) is 60.1 Å². The average molecular weight is 498 g/mol. The molecule has 2 heterocycles. The summed E-state index contributed by atoms with van der Waals surface area (Å²) >= 11 is 1.23. The normalized spacial score (nSPS) is 14.2. The number of aromatic nitrogens is 2. The number of halogens is 2. The molecular formula is C25H21F2N3O2S2. The first-order valence-electron chi connectivity index (χ1n) is 10.7. The first-order valence-corrected chi connectivity index (χ1v) is 13.2. The van der Waals surface area contributed by atoms with Gasteiger partial charge >= 0.3 is 0 Å². The second kappa shape index (κ2) is 8.98. The highest BCUT2D eigenvalue weighted by Crippen LogP contribution is 2.35. The zero-order chi connectivity index (χ0) is 23.9. The smallest absolute Gasteiger partial charge is 0.212 e. The summed E-state index contributed by atoms with van der Waals surface area (Å²) in [6, 6.07) is 15.7. The van der Waals surface area contributed by atoms with Crippen LogP contribution in [-0.2, 0) is 28.7 Å². The molecule has 34 heavy (non-hydrogen) atoms. The monoisotopic (exact) mass is 497 g/mol. The standard InChI is InChI=1S/C25H21F2N3O2S2/c1-16-11-17(18-6-8-23(26)24(27)12-18)5-7-20(16)22-4-2-3-19-13-30(10-9-21(19)22)34(31,32)14-25-29-28-15-33-25/h2-8,11-12,15H,9-10,13-14H2,1H3. The number of benzene rings is 3. The number of fused-ring (bicyclic) bond motifs is 1. The van der Waals surface area contributed by atoms with Gasteiger partial charge in [0, 0.05) is 13.1 Å². The third-order valence-electron chi connectivity index (χ3n) is 6.10. The second-order valence-corrected chi connectivity index (χ2v) is 11.2. The number of hydrogen-bond acceptors (Lipinski definition) is 5. The van der Waals surface area contributed by atoms with Gasteiger partial charge < -0.3 is 0 Å². The van der Waals surface area contributed by atoms with Gasteiger partial charge in [0.1, 0.15) is 16.3 Å². The molecule has 5 nitrogen and oxygen atoms in total. The van der Waals surface area contributed by atoms with Crippen LogP contribution >= 0.6 is 11.3 Å². The molecule has 1 aliphatic heterocycles. The first-order chi connectivity index (χ1) is 16.3. The van der Waals surface area contributed by atoms with Gasteiger partial charge in [-0.05, 0) is 64.4 Å². The van der Waals surface area contributed by atoms with Crippen molar-refractivity contribution in [3.63, 3.8) is 0 Å². The molecule has 1 aliphatic rings. The van der Waals surface area contributed by atoms with E-state index in [1.165, 1.54) is 27.2 Å². The molecule has 0 aliphatic carbocycles. The van der Waals surface area contributed by atoms with E-state index in [1.54, 1.807) is 6.07 Å². The van der Waals surface area contributed by atoms with Gasteiger partial charge in [-0.25, -0.2) is 17.2 Å². The summed E-state index contributed by atoms with van der Waals surface area (Å²) in [5.41, 5.74) is 8.16. The van der Waals surface area contributed by atoms with E-state index in [0.29, 0.717) is 30.1 Å². The Morgan fingerprint density at radius 1 is 1.00 bits per heavy atom. The highest BCUT2D eigenvalue weighted by Gasteiger charge is 2.29. The largest absolute Gasteiger partial charge is 0.221 e. The van der Waals surface area contributed by atoms with E-state index in [9.17, 15) is 17.2 Å². The van der Waals surface area contributed by atoms with Crippen molar-refractivity contribution in [2.45, 2.75) is 25.6 Å². The molecule has 9 heteroatoms. The molecule has 5 rings (SSSR count). The van der Waals surface area contributed by atoms with Gasteiger partial charge in [0.15, 0.2) is 11.6 Å². The van der Waals surface area contributed by atoms with Gasteiger partial charge in [0.2, 0.25) is 10.0 Å². The highest BCUT2D eigenvalue weighted by molar-refractivity contribution is 7.88. The van der Waals surface area contributed by atoms with E-state index in [0.717, 1.165) is 39.4 Å². The lowest BCUT2D eigenvalue weighted by Gasteiger charge is -2.29. The lowest BCUT2D eigenvalue weighted by molar-refractivity contribution is 0.391. The summed E-state index contributed by atoms with van der Waals surface area (Å²) in [4.78, 5) is 0. The van der Waals surface area contributed by atoms with Gasteiger partial charge in [-0.3, -0.25) is 0 Å². The van der Waals surface area contributed by atoms with E-state index in [-0.39, 0.29) is 5.75 Å². The summed E-state index contributed by atoms with van der Waals surface area (Å²) in [5.74, 6) is -1.88. The predicted octanol–water partition coefficient (Wildman–Crippen LogP) is 5.35. The number of sulfonamides is 1. The summed E-state index contributed by atoms with van der Waals surface area (Å²) in [5, 5.41) is 8.07. The average Bonchev–Trinajstić information content (AvgIpc) is 3.32. The van der Waals surface area contributed by atoms with Crippen LogP contribution in [-0.4, -0.2) is 29.5 Å². The Bertz CT molecular complexity index is 1470. The minimum absolute atomic E-state index is 0.142. The molecule has 0 saturated heterocycles. The van der Waals surface area contributed by atoms with Crippen LogP contribution in [0.5, 0.6) is 0 Å². The number of rotatable bonds is 5.